The van der Waals surface area contributed by atoms with E-state index in [2.05, 4.69) is 20.8 Å². The van der Waals surface area contributed by atoms with E-state index in [0.29, 0.717) is 11.3 Å². The van der Waals surface area contributed by atoms with E-state index < -0.39 is 11.8 Å². The molecule has 88 valence electrons. The zero-order valence-electron chi connectivity index (χ0n) is 9.58. The van der Waals surface area contributed by atoms with Crippen LogP contribution in [0.1, 0.15) is 36.7 Å². The summed E-state index contributed by atoms with van der Waals surface area (Å²) in [5, 5.41) is 8.94. The van der Waals surface area contributed by atoms with Crippen molar-refractivity contribution in [1.82, 2.24) is 0 Å². The lowest BCUT2D eigenvalue weighted by molar-refractivity contribution is 0.0695. The number of carboxylic acid groups (broad SMARTS) is 1. The lowest BCUT2D eigenvalue weighted by atomic mass is 10.1. The van der Waals surface area contributed by atoms with Crippen LogP contribution in [-0.2, 0) is 5.75 Å². The van der Waals surface area contributed by atoms with Gasteiger partial charge in [0.2, 0.25) is 0 Å². The molecule has 0 atom stereocenters. The van der Waals surface area contributed by atoms with Crippen LogP contribution in [0.4, 0.5) is 4.39 Å². The number of aromatic carboxylic acids is 1. The van der Waals surface area contributed by atoms with E-state index >= 15 is 0 Å². The van der Waals surface area contributed by atoms with Crippen molar-refractivity contribution in [2.45, 2.75) is 31.3 Å². The molecular formula is C12H15FO2S. The summed E-state index contributed by atoms with van der Waals surface area (Å²) >= 11 is 1.64. The van der Waals surface area contributed by atoms with Crippen LogP contribution < -0.4 is 0 Å². The normalized spacial score (nSPS) is 11.5. The van der Waals surface area contributed by atoms with Crippen molar-refractivity contribution >= 4 is 17.7 Å². The predicted octanol–water partition coefficient (Wildman–Crippen LogP) is 3.56. The highest BCUT2D eigenvalue weighted by atomic mass is 32.2. The molecule has 0 aromatic heterocycles. The first-order chi connectivity index (χ1) is 7.29. The second kappa shape index (κ2) is 4.87. The van der Waals surface area contributed by atoms with Crippen molar-refractivity contribution in [3.05, 3.63) is 35.1 Å². The Balaban J connectivity index is 2.91. The van der Waals surface area contributed by atoms with Gasteiger partial charge >= 0.3 is 5.97 Å². The van der Waals surface area contributed by atoms with Crippen molar-refractivity contribution < 1.29 is 14.3 Å². The number of benzene rings is 1. The third-order valence-electron chi connectivity index (χ3n) is 1.96. The molecule has 0 aliphatic carbocycles. The molecule has 2 nitrogen and oxygen atoms in total. The fourth-order valence-corrected chi connectivity index (χ4v) is 2.01. The third-order valence-corrected chi connectivity index (χ3v) is 3.28. The van der Waals surface area contributed by atoms with Crippen LogP contribution in [0.15, 0.2) is 18.2 Å². The minimum Gasteiger partial charge on any atom is -0.478 e. The molecule has 1 aromatic rings. The Morgan fingerprint density at radius 3 is 2.56 bits per heavy atom. The van der Waals surface area contributed by atoms with E-state index in [0.717, 1.165) is 6.07 Å². The number of halogens is 1. The number of rotatable bonds is 3. The molecule has 0 fully saturated rings. The minimum atomic E-state index is -1.08. The summed E-state index contributed by atoms with van der Waals surface area (Å²) in [6, 6.07) is 3.91. The van der Waals surface area contributed by atoms with Gasteiger partial charge in [-0.3, -0.25) is 0 Å². The Bertz CT molecular complexity index is 396. The molecule has 0 spiro atoms. The maximum Gasteiger partial charge on any atom is 0.336 e. The molecule has 0 unspecified atom stereocenters. The molecule has 1 aromatic carbocycles. The second-order valence-electron chi connectivity index (χ2n) is 4.51. The Morgan fingerprint density at radius 1 is 1.44 bits per heavy atom. The largest absolute Gasteiger partial charge is 0.478 e. The van der Waals surface area contributed by atoms with Crippen LogP contribution in [0.5, 0.6) is 0 Å². The van der Waals surface area contributed by atoms with Crippen LogP contribution >= 0.6 is 11.8 Å². The Labute approximate surface area is 98.9 Å². The first-order valence-corrected chi connectivity index (χ1v) is 5.94. The highest BCUT2D eigenvalue weighted by Gasteiger charge is 2.15. The topological polar surface area (TPSA) is 37.3 Å². The molecule has 0 saturated carbocycles. The second-order valence-corrected chi connectivity index (χ2v) is 6.31. The first-order valence-electron chi connectivity index (χ1n) is 4.95. The van der Waals surface area contributed by atoms with Gasteiger partial charge in [0.05, 0.1) is 5.56 Å². The molecule has 4 heteroatoms. The molecule has 0 amide bonds. The van der Waals surface area contributed by atoms with Gasteiger partial charge in [-0.05, 0) is 17.7 Å². The van der Waals surface area contributed by atoms with E-state index in [1.54, 1.807) is 11.8 Å². The van der Waals surface area contributed by atoms with Crippen molar-refractivity contribution in [2.75, 3.05) is 0 Å². The highest BCUT2D eigenvalue weighted by molar-refractivity contribution is 7.99. The van der Waals surface area contributed by atoms with Gasteiger partial charge in [0.15, 0.2) is 0 Å². The highest BCUT2D eigenvalue weighted by Crippen LogP contribution is 2.28. The van der Waals surface area contributed by atoms with Crippen LogP contribution in [0.3, 0.4) is 0 Å². The predicted molar refractivity (Wildman–Crippen MR) is 64.4 cm³/mol. The van der Waals surface area contributed by atoms with E-state index in [9.17, 15) is 9.18 Å². The molecule has 1 rings (SSSR count). The van der Waals surface area contributed by atoms with Crippen LogP contribution in [0.2, 0.25) is 0 Å². The lowest BCUT2D eigenvalue weighted by Gasteiger charge is -2.18. The molecule has 0 radical (unpaired) electrons. The zero-order valence-corrected chi connectivity index (χ0v) is 10.4. The fraction of sp³-hybridized carbons (Fsp3) is 0.417. The van der Waals surface area contributed by atoms with Gasteiger partial charge in [-0.1, -0.05) is 26.8 Å². The summed E-state index contributed by atoms with van der Waals surface area (Å²) in [6.07, 6.45) is 0. The lowest BCUT2D eigenvalue weighted by Crippen LogP contribution is -2.09. The smallest absolute Gasteiger partial charge is 0.336 e. The number of hydrogen-bond acceptors (Lipinski definition) is 2. The fourth-order valence-electron chi connectivity index (χ4n) is 1.17. The number of hydrogen-bond donors (Lipinski definition) is 1. The average molecular weight is 242 g/mol. The van der Waals surface area contributed by atoms with E-state index in [1.165, 1.54) is 12.1 Å². The van der Waals surface area contributed by atoms with Gasteiger partial charge in [0.1, 0.15) is 5.82 Å². The van der Waals surface area contributed by atoms with Gasteiger partial charge in [-0.25, -0.2) is 9.18 Å². The third kappa shape index (κ3) is 3.85. The molecule has 0 bridgehead atoms. The molecule has 1 N–H and O–H groups in total. The summed E-state index contributed by atoms with van der Waals surface area (Å²) in [5.74, 6) is -1.02. The monoisotopic (exact) mass is 242 g/mol. The van der Waals surface area contributed by atoms with Crippen LogP contribution in [-0.4, -0.2) is 15.8 Å². The molecule has 0 aliphatic heterocycles. The molecule has 0 saturated heterocycles. The van der Waals surface area contributed by atoms with Crippen molar-refractivity contribution in [2.24, 2.45) is 0 Å². The molecular weight excluding hydrogens is 227 g/mol. The Hall–Kier alpha value is -1.03. The Morgan fingerprint density at radius 2 is 2.06 bits per heavy atom. The average Bonchev–Trinajstić information content (AvgIpc) is 2.14. The maximum atomic E-state index is 12.9. The van der Waals surface area contributed by atoms with Crippen molar-refractivity contribution in [1.29, 1.82) is 0 Å². The summed E-state index contributed by atoms with van der Waals surface area (Å²) in [7, 11) is 0. The maximum absolute atomic E-state index is 12.9. The number of carboxylic acids is 1. The summed E-state index contributed by atoms with van der Waals surface area (Å²) in [6.45, 7) is 6.17. The van der Waals surface area contributed by atoms with Crippen molar-refractivity contribution in [3.63, 3.8) is 0 Å². The summed E-state index contributed by atoms with van der Waals surface area (Å²) < 4.78 is 13.0. The SMILES string of the molecule is CC(C)(C)SCc1ccc(F)cc1C(=O)O. The quantitative estimate of drug-likeness (QED) is 0.880. The van der Waals surface area contributed by atoms with Crippen LogP contribution in [0.25, 0.3) is 0 Å². The molecule has 0 aliphatic rings. The van der Waals surface area contributed by atoms with E-state index in [-0.39, 0.29) is 10.3 Å². The minimum absolute atomic E-state index is 0.0525. The van der Waals surface area contributed by atoms with Crippen LogP contribution in [0, 0.1) is 5.82 Å². The summed E-state index contributed by atoms with van der Waals surface area (Å²) in [5.41, 5.74) is 0.713. The van der Waals surface area contributed by atoms with Gasteiger partial charge in [0.25, 0.3) is 0 Å². The molecule has 16 heavy (non-hydrogen) atoms. The van der Waals surface area contributed by atoms with Gasteiger partial charge in [-0.2, -0.15) is 11.8 Å². The Kier molecular flexibility index (Phi) is 3.97. The number of carbonyl (C=O) groups is 1. The van der Waals surface area contributed by atoms with Gasteiger partial charge in [0, 0.05) is 10.5 Å². The van der Waals surface area contributed by atoms with Gasteiger partial charge in [-0.15, -0.1) is 0 Å². The summed E-state index contributed by atoms with van der Waals surface area (Å²) in [4.78, 5) is 10.9. The number of thioether (sulfide) groups is 1. The zero-order chi connectivity index (χ0) is 12.3. The van der Waals surface area contributed by atoms with E-state index in [1.807, 2.05) is 0 Å². The van der Waals surface area contributed by atoms with Gasteiger partial charge < -0.3 is 5.11 Å². The van der Waals surface area contributed by atoms with E-state index in [4.69, 9.17) is 5.11 Å². The van der Waals surface area contributed by atoms with Crippen molar-refractivity contribution in [3.8, 4) is 0 Å². The first kappa shape index (κ1) is 13.0. The molecule has 0 heterocycles. The standard InChI is InChI=1S/C12H15FO2S/c1-12(2,3)16-7-8-4-5-9(13)6-10(8)11(14)15/h4-6H,7H2,1-3H3,(H,14,15).